The van der Waals surface area contributed by atoms with Crippen molar-refractivity contribution < 1.29 is 19.0 Å². The number of fused-ring (bicyclic) bond motifs is 2. The third kappa shape index (κ3) is 6.50. The normalized spacial score (nSPS) is 17.4. The molecule has 0 aliphatic carbocycles. The highest BCUT2D eigenvalue weighted by molar-refractivity contribution is 5.95. The van der Waals surface area contributed by atoms with Crippen LogP contribution < -0.4 is 4.74 Å². The molecule has 240 valence electrons. The fourth-order valence-corrected chi connectivity index (χ4v) is 6.67. The number of likely N-dealkylation sites (tertiary alicyclic amines) is 1. The molecule has 2 fully saturated rings. The van der Waals surface area contributed by atoms with Crippen LogP contribution in [0.5, 0.6) is 5.88 Å². The zero-order chi connectivity index (χ0) is 31.7. The lowest BCUT2D eigenvalue weighted by molar-refractivity contribution is 0.00693. The molecular weight excluding hydrogens is 580 g/mol. The highest BCUT2D eigenvalue weighted by Gasteiger charge is 2.30. The monoisotopic (exact) mass is 622 g/mol. The number of benzene rings is 2. The number of piperidine rings is 1. The lowest BCUT2D eigenvalue weighted by atomic mass is 9.95. The second-order valence-electron chi connectivity index (χ2n) is 13.4. The maximum absolute atomic E-state index is 13.2. The average molecular weight is 623 g/mol. The Kier molecular flexibility index (Phi) is 8.48. The number of aromatic amines is 1. The van der Waals surface area contributed by atoms with Crippen LogP contribution in [-0.4, -0.2) is 67.5 Å². The predicted octanol–water partition coefficient (Wildman–Crippen LogP) is 6.77. The summed E-state index contributed by atoms with van der Waals surface area (Å²) in [5.74, 6) is 0.196. The van der Waals surface area contributed by atoms with Crippen LogP contribution in [0.2, 0.25) is 0 Å². The molecule has 2 aliphatic rings. The second-order valence-corrected chi connectivity index (χ2v) is 13.4. The van der Waals surface area contributed by atoms with Crippen molar-refractivity contribution in [3.05, 3.63) is 83.4 Å². The lowest BCUT2D eigenvalue weighted by Gasteiger charge is -2.35. The minimum Gasteiger partial charge on any atom is -0.473 e. The van der Waals surface area contributed by atoms with Crippen LogP contribution in [0, 0.1) is 0 Å². The van der Waals surface area contributed by atoms with E-state index in [4.69, 9.17) is 24.3 Å². The number of rotatable bonds is 8. The van der Waals surface area contributed by atoms with Gasteiger partial charge >= 0.3 is 5.97 Å². The highest BCUT2D eigenvalue weighted by atomic mass is 16.6. The SMILES string of the molecule is CC(C)(C)OC(=O)c1cc(C(c2cccc(OCc3ccc4cnn(C5CCOCC5)c4c3)n2)N2CCCCC2)c2nc[nH]c2c1. The molecule has 0 amide bonds. The van der Waals surface area contributed by atoms with Gasteiger partial charge in [0.15, 0.2) is 0 Å². The molecule has 10 nitrogen and oxygen atoms in total. The van der Waals surface area contributed by atoms with Gasteiger partial charge in [-0.3, -0.25) is 9.58 Å². The molecule has 5 aromatic rings. The number of ether oxygens (including phenoxy) is 3. The van der Waals surface area contributed by atoms with Gasteiger partial charge in [-0.15, -0.1) is 0 Å². The molecule has 2 aromatic carbocycles. The van der Waals surface area contributed by atoms with Crippen molar-refractivity contribution in [3.8, 4) is 5.88 Å². The van der Waals surface area contributed by atoms with Crippen LogP contribution in [0.4, 0.5) is 0 Å². The molecule has 5 heterocycles. The van der Waals surface area contributed by atoms with E-state index in [1.165, 1.54) is 6.42 Å². The summed E-state index contributed by atoms with van der Waals surface area (Å²) < 4.78 is 19.8. The van der Waals surface area contributed by atoms with Gasteiger partial charge < -0.3 is 19.2 Å². The van der Waals surface area contributed by atoms with Crippen LogP contribution in [0.15, 0.2) is 61.1 Å². The number of imidazole rings is 1. The van der Waals surface area contributed by atoms with Gasteiger partial charge in [-0.05, 0) is 89.4 Å². The molecule has 10 heteroatoms. The van der Waals surface area contributed by atoms with Crippen molar-refractivity contribution in [2.24, 2.45) is 0 Å². The van der Waals surface area contributed by atoms with Gasteiger partial charge in [0.2, 0.25) is 5.88 Å². The molecule has 0 spiro atoms. The number of hydrogen-bond donors (Lipinski definition) is 1. The van der Waals surface area contributed by atoms with E-state index in [1.54, 1.807) is 6.33 Å². The number of carbonyl (C=O) groups is 1. The van der Waals surface area contributed by atoms with Gasteiger partial charge in [-0.1, -0.05) is 24.6 Å². The summed E-state index contributed by atoms with van der Waals surface area (Å²) in [7, 11) is 0. The highest BCUT2D eigenvalue weighted by Crippen LogP contribution is 2.36. The van der Waals surface area contributed by atoms with Crippen LogP contribution in [0.1, 0.15) is 92.1 Å². The maximum Gasteiger partial charge on any atom is 0.338 e. The Bertz CT molecular complexity index is 1830. The van der Waals surface area contributed by atoms with Gasteiger partial charge in [-0.25, -0.2) is 14.8 Å². The first kappa shape index (κ1) is 30.4. The van der Waals surface area contributed by atoms with E-state index in [-0.39, 0.29) is 12.0 Å². The van der Waals surface area contributed by atoms with Crippen molar-refractivity contribution in [2.45, 2.75) is 77.2 Å². The maximum atomic E-state index is 13.2. The van der Waals surface area contributed by atoms with E-state index in [2.05, 4.69) is 37.7 Å². The molecule has 2 aliphatic heterocycles. The van der Waals surface area contributed by atoms with E-state index in [0.29, 0.717) is 24.1 Å². The standard InChI is InChI=1S/C36H42N6O4/c1-36(2,3)46-35(43)26-19-28(33-30(20-26)37-23-38-33)34(41-14-5-4-6-15-41)29-8-7-9-32(40-29)45-22-24-10-11-25-21-39-42(31(25)18-24)27-12-16-44-17-13-27/h7-11,18-21,23,27,34H,4-6,12-17,22H2,1-3H3,(H,37,38). The fourth-order valence-electron chi connectivity index (χ4n) is 6.67. The van der Waals surface area contributed by atoms with Crippen molar-refractivity contribution in [1.82, 2.24) is 29.6 Å². The van der Waals surface area contributed by atoms with E-state index in [0.717, 1.165) is 90.7 Å². The third-order valence-electron chi connectivity index (χ3n) is 8.85. The van der Waals surface area contributed by atoms with Crippen molar-refractivity contribution >= 4 is 27.9 Å². The molecule has 7 rings (SSSR count). The van der Waals surface area contributed by atoms with Gasteiger partial charge in [0.1, 0.15) is 12.2 Å². The second kappa shape index (κ2) is 12.8. The molecule has 0 radical (unpaired) electrons. The van der Waals surface area contributed by atoms with Gasteiger partial charge in [0.25, 0.3) is 0 Å². The topological polar surface area (TPSA) is 107 Å². The molecule has 3 aromatic heterocycles. The number of aromatic nitrogens is 5. The molecular formula is C36H42N6O4. The minimum absolute atomic E-state index is 0.206. The van der Waals surface area contributed by atoms with E-state index >= 15 is 0 Å². The average Bonchev–Trinajstić information content (AvgIpc) is 3.71. The summed E-state index contributed by atoms with van der Waals surface area (Å²) in [5.41, 5.74) is 5.47. The Morgan fingerprint density at radius 3 is 2.70 bits per heavy atom. The van der Waals surface area contributed by atoms with E-state index in [1.807, 2.05) is 57.3 Å². The Hall–Kier alpha value is -4.28. The summed E-state index contributed by atoms with van der Waals surface area (Å²) in [6.07, 6.45) is 8.97. The number of nitrogens with zero attached hydrogens (tertiary/aromatic N) is 5. The van der Waals surface area contributed by atoms with Crippen molar-refractivity contribution in [2.75, 3.05) is 26.3 Å². The number of pyridine rings is 1. The predicted molar refractivity (Wildman–Crippen MR) is 176 cm³/mol. The number of esters is 1. The minimum atomic E-state index is -0.603. The summed E-state index contributed by atoms with van der Waals surface area (Å²) in [5, 5.41) is 5.82. The number of H-pyrrole nitrogens is 1. The molecule has 1 atom stereocenters. The lowest BCUT2D eigenvalue weighted by Crippen LogP contribution is -2.35. The van der Waals surface area contributed by atoms with Crippen LogP contribution in [-0.2, 0) is 16.1 Å². The Labute approximate surface area is 269 Å². The van der Waals surface area contributed by atoms with Gasteiger partial charge in [0, 0.05) is 30.2 Å². The summed E-state index contributed by atoms with van der Waals surface area (Å²) in [6.45, 7) is 9.43. The molecule has 46 heavy (non-hydrogen) atoms. The molecule has 2 saturated heterocycles. The summed E-state index contributed by atoms with van der Waals surface area (Å²) >= 11 is 0. The quantitative estimate of drug-likeness (QED) is 0.189. The third-order valence-corrected chi connectivity index (χ3v) is 8.85. The molecule has 1 N–H and O–H groups in total. The Morgan fingerprint density at radius 1 is 1.07 bits per heavy atom. The smallest absolute Gasteiger partial charge is 0.338 e. The number of carbonyl (C=O) groups excluding carboxylic acids is 1. The zero-order valence-electron chi connectivity index (χ0n) is 26.9. The molecule has 0 bridgehead atoms. The molecule has 1 unspecified atom stereocenters. The van der Waals surface area contributed by atoms with Crippen LogP contribution >= 0.6 is 0 Å². The van der Waals surface area contributed by atoms with Crippen molar-refractivity contribution in [3.63, 3.8) is 0 Å². The Balaban J connectivity index is 1.19. The first-order valence-corrected chi connectivity index (χ1v) is 16.4. The fraction of sp³-hybridized carbons (Fsp3) is 0.444. The summed E-state index contributed by atoms with van der Waals surface area (Å²) in [4.78, 5) is 28.7. The first-order valence-electron chi connectivity index (χ1n) is 16.4. The zero-order valence-corrected chi connectivity index (χ0v) is 26.9. The summed E-state index contributed by atoms with van der Waals surface area (Å²) in [6, 6.07) is 16.2. The number of nitrogens with one attached hydrogen (secondary N) is 1. The first-order chi connectivity index (χ1) is 22.3. The van der Waals surface area contributed by atoms with E-state index in [9.17, 15) is 4.79 Å². The van der Waals surface area contributed by atoms with Crippen LogP contribution in [0.3, 0.4) is 0 Å². The van der Waals surface area contributed by atoms with Crippen molar-refractivity contribution in [1.29, 1.82) is 0 Å². The van der Waals surface area contributed by atoms with Crippen LogP contribution in [0.25, 0.3) is 21.9 Å². The molecule has 0 saturated carbocycles. The van der Waals surface area contributed by atoms with Gasteiger partial charge in [-0.2, -0.15) is 5.10 Å². The largest absolute Gasteiger partial charge is 0.473 e. The van der Waals surface area contributed by atoms with E-state index < -0.39 is 5.60 Å². The van der Waals surface area contributed by atoms with Gasteiger partial charge in [0.05, 0.1) is 52.4 Å². The number of hydrogen-bond acceptors (Lipinski definition) is 8. The Morgan fingerprint density at radius 2 is 1.89 bits per heavy atom.